The molecule has 14 heavy (non-hydrogen) atoms. The summed E-state index contributed by atoms with van der Waals surface area (Å²) in [7, 11) is 1.52. The van der Waals surface area contributed by atoms with Crippen LogP contribution in [0.1, 0.15) is 25.8 Å². The number of hydrogen-bond donors (Lipinski definition) is 0. The lowest BCUT2D eigenvalue weighted by atomic mass is 10.2. The summed E-state index contributed by atoms with van der Waals surface area (Å²) >= 11 is 3.17. The van der Waals surface area contributed by atoms with Crippen LogP contribution in [0.3, 0.4) is 0 Å². The second-order valence-corrected chi connectivity index (χ2v) is 3.36. The summed E-state index contributed by atoms with van der Waals surface area (Å²) in [6.45, 7) is 4.25. The van der Waals surface area contributed by atoms with Crippen LogP contribution in [0, 0.1) is 5.82 Å². The van der Waals surface area contributed by atoms with E-state index in [9.17, 15) is 4.39 Å². The largest absolute Gasteiger partial charge is 0.497 e. The van der Waals surface area contributed by atoms with Gasteiger partial charge < -0.3 is 4.74 Å². The average molecular weight is 263 g/mol. The number of methoxy groups -OCH3 is 1. The van der Waals surface area contributed by atoms with Crippen molar-refractivity contribution in [3.63, 3.8) is 0 Å². The maximum atomic E-state index is 12.9. The highest BCUT2D eigenvalue weighted by molar-refractivity contribution is 9.08. The molecule has 0 spiro atoms. The predicted octanol–water partition coefficient (Wildman–Crippen LogP) is 4.15. The van der Waals surface area contributed by atoms with Gasteiger partial charge >= 0.3 is 0 Å². The summed E-state index contributed by atoms with van der Waals surface area (Å²) < 4.78 is 17.8. The Morgan fingerprint density at radius 2 is 1.93 bits per heavy atom. The van der Waals surface area contributed by atoms with Gasteiger partial charge in [0.1, 0.15) is 11.6 Å². The Kier molecular flexibility index (Phi) is 7.48. The van der Waals surface area contributed by atoms with Crippen molar-refractivity contribution in [1.29, 1.82) is 0 Å². The molecule has 0 aliphatic heterocycles. The normalized spacial score (nSPS) is 8.93. The van der Waals surface area contributed by atoms with E-state index >= 15 is 0 Å². The van der Waals surface area contributed by atoms with Crippen molar-refractivity contribution in [2.24, 2.45) is 0 Å². The van der Waals surface area contributed by atoms with E-state index < -0.39 is 0 Å². The molecule has 0 N–H and O–H groups in total. The number of hydrogen-bond acceptors (Lipinski definition) is 1. The van der Waals surface area contributed by atoms with Gasteiger partial charge in [0, 0.05) is 11.4 Å². The first kappa shape index (κ1) is 13.4. The molecule has 0 heterocycles. The Labute approximate surface area is 93.4 Å². The molecule has 1 nitrogen and oxygen atoms in total. The molecule has 0 aliphatic carbocycles. The van der Waals surface area contributed by atoms with Gasteiger partial charge in [0.25, 0.3) is 0 Å². The Balaban J connectivity index is 0.000000500. The van der Waals surface area contributed by atoms with Gasteiger partial charge in [0.05, 0.1) is 7.11 Å². The zero-order chi connectivity index (χ0) is 11.0. The third kappa shape index (κ3) is 4.61. The van der Waals surface area contributed by atoms with Gasteiger partial charge in [-0.1, -0.05) is 42.3 Å². The van der Waals surface area contributed by atoms with Crippen LogP contribution >= 0.6 is 15.9 Å². The van der Waals surface area contributed by atoms with Crippen LogP contribution in [0.25, 0.3) is 0 Å². The highest BCUT2D eigenvalue weighted by atomic mass is 79.9. The number of rotatable bonds is 2. The van der Waals surface area contributed by atoms with E-state index in [1.54, 1.807) is 12.1 Å². The highest BCUT2D eigenvalue weighted by Gasteiger charge is 2.00. The van der Waals surface area contributed by atoms with E-state index in [4.69, 9.17) is 4.74 Å². The molecule has 0 bridgehead atoms. The van der Waals surface area contributed by atoms with Gasteiger partial charge in [-0.05, 0) is 11.6 Å². The minimum absolute atomic E-state index is 0.235. The van der Waals surface area contributed by atoms with Crippen molar-refractivity contribution in [3.05, 3.63) is 29.6 Å². The molecule has 0 unspecified atom stereocenters. The standard InChI is InChI=1S/C8H8BrFO.C3H8/c1-11-7-3-2-6(5-9)8(10)4-7;1-3-2/h2-4H,5H2,1H3;3H2,1-2H3. The van der Waals surface area contributed by atoms with Gasteiger partial charge in [-0.3, -0.25) is 0 Å². The molecular formula is C11H16BrFO. The van der Waals surface area contributed by atoms with Crippen LogP contribution in [-0.4, -0.2) is 7.11 Å². The first-order valence-electron chi connectivity index (χ1n) is 4.57. The molecule has 0 saturated carbocycles. The molecule has 0 amide bonds. The summed E-state index contributed by atoms with van der Waals surface area (Å²) in [6.07, 6.45) is 1.25. The summed E-state index contributed by atoms with van der Waals surface area (Å²) in [4.78, 5) is 0. The predicted molar refractivity (Wildman–Crippen MR) is 61.5 cm³/mol. The van der Waals surface area contributed by atoms with Crippen molar-refractivity contribution in [3.8, 4) is 5.75 Å². The first-order valence-corrected chi connectivity index (χ1v) is 5.70. The fourth-order valence-corrected chi connectivity index (χ4v) is 1.22. The maximum absolute atomic E-state index is 12.9. The number of alkyl halides is 1. The molecule has 3 heteroatoms. The van der Waals surface area contributed by atoms with Gasteiger partial charge in [-0.2, -0.15) is 0 Å². The van der Waals surface area contributed by atoms with E-state index in [0.717, 1.165) is 0 Å². The number of ether oxygens (including phenoxy) is 1. The average Bonchev–Trinajstić information content (AvgIpc) is 2.19. The molecule has 1 rings (SSSR count). The fraction of sp³-hybridized carbons (Fsp3) is 0.455. The van der Waals surface area contributed by atoms with Crippen LogP contribution in [0.15, 0.2) is 18.2 Å². The van der Waals surface area contributed by atoms with Crippen LogP contribution in [0.2, 0.25) is 0 Å². The first-order chi connectivity index (χ1) is 6.69. The van der Waals surface area contributed by atoms with Gasteiger partial charge in [0.15, 0.2) is 0 Å². The second kappa shape index (κ2) is 7.80. The Hall–Kier alpha value is -0.570. The van der Waals surface area contributed by atoms with E-state index in [-0.39, 0.29) is 5.82 Å². The van der Waals surface area contributed by atoms with Crippen molar-refractivity contribution < 1.29 is 9.13 Å². The molecule has 0 saturated heterocycles. The molecule has 0 fully saturated rings. The summed E-state index contributed by atoms with van der Waals surface area (Å²) in [6, 6.07) is 4.80. The Bertz CT molecular complexity index is 263. The fourth-order valence-electron chi connectivity index (χ4n) is 0.763. The molecule has 0 aliphatic rings. The Morgan fingerprint density at radius 1 is 1.36 bits per heavy atom. The lowest BCUT2D eigenvalue weighted by Crippen LogP contribution is -1.88. The monoisotopic (exact) mass is 262 g/mol. The zero-order valence-corrected chi connectivity index (χ0v) is 10.4. The van der Waals surface area contributed by atoms with Crippen LogP contribution in [-0.2, 0) is 5.33 Å². The highest BCUT2D eigenvalue weighted by Crippen LogP contribution is 2.17. The summed E-state index contributed by atoms with van der Waals surface area (Å²) in [5.74, 6) is 0.313. The van der Waals surface area contributed by atoms with Crippen molar-refractivity contribution >= 4 is 15.9 Å². The SMILES string of the molecule is CCC.COc1ccc(CBr)c(F)c1. The van der Waals surface area contributed by atoms with E-state index in [2.05, 4.69) is 29.8 Å². The Morgan fingerprint density at radius 3 is 2.29 bits per heavy atom. The van der Waals surface area contributed by atoms with E-state index in [1.165, 1.54) is 19.6 Å². The van der Waals surface area contributed by atoms with Crippen molar-refractivity contribution in [1.82, 2.24) is 0 Å². The molecule has 0 radical (unpaired) electrons. The molecule has 0 atom stereocenters. The smallest absolute Gasteiger partial charge is 0.130 e. The van der Waals surface area contributed by atoms with Crippen LogP contribution < -0.4 is 4.74 Å². The van der Waals surface area contributed by atoms with E-state index in [1.807, 2.05) is 0 Å². The molecule has 0 aromatic heterocycles. The lowest BCUT2D eigenvalue weighted by molar-refractivity contribution is 0.411. The lowest BCUT2D eigenvalue weighted by Gasteiger charge is -2.01. The third-order valence-electron chi connectivity index (χ3n) is 1.40. The van der Waals surface area contributed by atoms with Crippen LogP contribution in [0.5, 0.6) is 5.75 Å². The van der Waals surface area contributed by atoms with Crippen LogP contribution in [0.4, 0.5) is 4.39 Å². The van der Waals surface area contributed by atoms with Gasteiger partial charge in [0.2, 0.25) is 0 Å². The number of benzene rings is 1. The maximum Gasteiger partial charge on any atom is 0.130 e. The quantitative estimate of drug-likeness (QED) is 0.728. The minimum Gasteiger partial charge on any atom is -0.497 e. The summed E-state index contributed by atoms with van der Waals surface area (Å²) in [5, 5.41) is 0.531. The number of halogens is 2. The van der Waals surface area contributed by atoms with Gasteiger partial charge in [-0.15, -0.1) is 0 Å². The van der Waals surface area contributed by atoms with Gasteiger partial charge in [-0.25, -0.2) is 4.39 Å². The minimum atomic E-state index is -0.235. The second-order valence-electron chi connectivity index (χ2n) is 2.80. The van der Waals surface area contributed by atoms with Crippen molar-refractivity contribution in [2.45, 2.75) is 25.6 Å². The molecular weight excluding hydrogens is 247 g/mol. The molecule has 1 aromatic carbocycles. The van der Waals surface area contributed by atoms with E-state index in [0.29, 0.717) is 16.6 Å². The van der Waals surface area contributed by atoms with Crippen molar-refractivity contribution in [2.75, 3.05) is 7.11 Å². The summed E-state index contributed by atoms with van der Waals surface area (Å²) in [5.41, 5.74) is 0.644. The zero-order valence-electron chi connectivity index (χ0n) is 8.81. The molecule has 80 valence electrons. The molecule has 1 aromatic rings. The topological polar surface area (TPSA) is 9.23 Å². The third-order valence-corrected chi connectivity index (χ3v) is 2.01.